The lowest BCUT2D eigenvalue weighted by molar-refractivity contribution is 0.0600. The number of ketones is 1. The van der Waals surface area contributed by atoms with Crippen LogP contribution in [0.25, 0.3) is 0 Å². The first-order valence-corrected chi connectivity index (χ1v) is 9.65. The summed E-state index contributed by atoms with van der Waals surface area (Å²) < 4.78 is 11.0. The van der Waals surface area contributed by atoms with Gasteiger partial charge in [-0.2, -0.15) is 0 Å². The fourth-order valence-electron chi connectivity index (χ4n) is 3.02. The molecule has 0 spiro atoms. The molecule has 0 saturated heterocycles. The highest BCUT2D eigenvalue weighted by Gasteiger charge is 2.40. The summed E-state index contributed by atoms with van der Waals surface area (Å²) in [7, 11) is 0.917. The average Bonchev–Trinajstić information content (AvgIpc) is 2.71. The normalized spacial score (nSPS) is 14.5. The van der Waals surface area contributed by atoms with E-state index in [-0.39, 0.29) is 11.8 Å². The molecule has 0 aromatic heterocycles. The van der Waals surface area contributed by atoms with Gasteiger partial charge in [0, 0.05) is 11.6 Å². The van der Waals surface area contributed by atoms with Gasteiger partial charge in [-0.05, 0) is 49.4 Å². The predicted octanol–water partition coefficient (Wildman–Crippen LogP) is 4.88. The Morgan fingerprint density at radius 1 is 0.852 bits per heavy atom. The Balaban J connectivity index is 1.92. The lowest BCUT2D eigenvalue weighted by Gasteiger charge is -2.20. The third kappa shape index (κ3) is 3.11. The van der Waals surface area contributed by atoms with Crippen molar-refractivity contribution in [1.82, 2.24) is 0 Å². The van der Waals surface area contributed by atoms with Crippen molar-refractivity contribution in [3.63, 3.8) is 0 Å². The van der Waals surface area contributed by atoms with Crippen LogP contribution in [0.4, 0.5) is 0 Å². The van der Waals surface area contributed by atoms with Crippen LogP contribution in [0.3, 0.4) is 0 Å². The summed E-state index contributed by atoms with van der Waals surface area (Å²) >= 11 is 0. The number of hydrogen-bond donors (Lipinski definition) is 0. The van der Waals surface area contributed by atoms with Gasteiger partial charge in [-0.15, -0.1) is 0 Å². The van der Waals surface area contributed by atoms with Crippen LogP contribution < -0.4 is 4.74 Å². The average molecular weight is 377 g/mol. The van der Waals surface area contributed by atoms with Crippen LogP contribution in [-0.4, -0.2) is 18.9 Å². The number of hydrogen-bond acceptors (Lipinski definition) is 4. The zero-order valence-corrected chi connectivity index (χ0v) is 15.7. The van der Waals surface area contributed by atoms with Gasteiger partial charge >= 0.3 is 5.97 Å². The third-order valence-electron chi connectivity index (χ3n) is 4.35. The van der Waals surface area contributed by atoms with Gasteiger partial charge in [0.05, 0.1) is 12.7 Å². The van der Waals surface area contributed by atoms with E-state index in [1.807, 2.05) is 36.4 Å². The smallest absolute Gasteiger partial charge is 0.338 e. The van der Waals surface area contributed by atoms with Crippen molar-refractivity contribution in [2.45, 2.75) is 21.6 Å². The lowest BCUT2D eigenvalue weighted by Crippen LogP contribution is -2.14. The van der Waals surface area contributed by atoms with Crippen LogP contribution in [0.5, 0.6) is 11.5 Å². The number of ether oxygens (including phenoxy) is 2. The molecule has 4 nitrogen and oxygen atoms in total. The Morgan fingerprint density at radius 2 is 1.59 bits per heavy atom. The van der Waals surface area contributed by atoms with E-state index < -0.39 is 10.9 Å². The maximum absolute atomic E-state index is 12.0. The number of Topliss-reactive ketones (excluding diaryl/α,β-unsaturated/α-hetero) is 1. The molecule has 134 valence electrons. The Kier molecular flexibility index (Phi) is 4.46. The first-order valence-electron chi connectivity index (χ1n) is 8.43. The van der Waals surface area contributed by atoms with E-state index >= 15 is 0 Å². The molecule has 0 radical (unpaired) electrons. The highest BCUT2D eigenvalue weighted by Crippen LogP contribution is 2.47. The maximum Gasteiger partial charge on any atom is 0.338 e. The van der Waals surface area contributed by atoms with E-state index in [0.717, 1.165) is 14.7 Å². The number of carbonyl (C=O) groups excluding carboxylic acids is 2. The maximum atomic E-state index is 12.0. The summed E-state index contributed by atoms with van der Waals surface area (Å²) in [5, 5.41) is 0. The summed E-state index contributed by atoms with van der Waals surface area (Å²) in [5.41, 5.74) is 1.09. The fraction of sp³-hybridized carbons (Fsp3) is 0.0909. The number of rotatable bonds is 3. The van der Waals surface area contributed by atoms with E-state index in [0.29, 0.717) is 22.6 Å². The summed E-state index contributed by atoms with van der Waals surface area (Å²) in [6.45, 7) is 1.54. The molecule has 0 N–H and O–H groups in total. The molecular weight excluding hydrogens is 360 g/mol. The van der Waals surface area contributed by atoms with Crippen molar-refractivity contribution in [2.75, 3.05) is 7.11 Å². The molecule has 1 heterocycles. The molecule has 0 saturated carbocycles. The van der Waals surface area contributed by atoms with E-state index in [2.05, 4.69) is 12.1 Å². The van der Waals surface area contributed by atoms with Gasteiger partial charge in [0.2, 0.25) is 9.79 Å². The van der Waals surface area contributed by atoms with Crippen LogP contribution in [0.15, 0.2) is 81.4 Å². The number of fused-ring (bicyclic) bond motifs is 2. The molecule has 1 aliphatic rings. The van der Waals surface area contributed by atoms with Crippen LogP contribution in [0.2, 0.25) is 0 Å². The molecule has 1 atom stereocenters. The van der Waals surface area contributed by atoms with E-state index in [1.165, 1.54) is 14.0 Å². The number of benzene rings is 3. The van der Waals surface area contributed by atoms with Gasteiger partial charge < -0.3 is 9.47 Å². The van der Waals surface area contributed by atoms with Gasteiger partial charge in [0.25, 0.3) is 0 Å². The van der Waals surface area contributed by atoms with Crippen molar-refractivity contribution < 1.29 is 19.1 Å². The topological polar surface area (TPSA) is 52.6 Å². The predicted molar refractivity (Wildman–Crippen MR) is 103 cm³/mol. The summed E-state index contributed by atoms with van der Waals surface area (Å²) in [5.74, 6) is 0.969. The van der Waals surface area contributed by atoms with E-state index in [1.54, 1.807) is 18.2 Å². The van der Waals surface area contributed by atoms with Crippen LogP contribution in [0, 0.1) is 0 Å². The minimum absolute atomic E-state index is 0.00664. The Labute approximate surface area is 160 Å². The molecule has 0 aliphatic carbocycles. The standard InChI is InChI=1S/C22H17O4S/c1-14(23)15-9-11-20-19(12-15)26-18-10-8-16(22(24)25-2)13-21(18)27(20)17-6-4-3-5-7-17/h3-13H,1-2H3/q+1. The highest BCUT2D eigenvalue weighted by molar-refractivity contribution is 7.97. The highest BCUT2D eigenvalue weighted by atomic mass is 32.2. The number of carbonyl (C=O) groups is 2. The van der Waals surface area contributed by atoms with Crippen LogP contribution >= 0.6 is 0 Å². The first kappa shape index (κ1) is 17.4. The van der Waals surface area contributed by atoms with Crippen molar-refractivity contribution in [3.05, 3.63) is 77.9 Å². The largest absolute Gasteiger partial charge is 0.465 e. The molecule has 0 fully saturated rings. The number of methoxy groups -OCH3 is 1. The quantitative estimate of drug-likeness (QED) is 0.290. The van der Waals surface area contributed by atoms with Crippen molar-refractivity contribution >= 4 is 22.6 Å². The summed E-state index contributed by atoms with van der Waals surface area (Å²) in [6.07, 6.45) is 0. The zero-order valence-electron chi connectivity index (χ0n) is 14.9. The Bertz CT molecular complexity index is 1040. The van der Waals surface area contributed by atoms with Gasteiger partial charge in [0.1, 0.15) is 10.9 Å². The van der Waals surface area contributed by atoms with Crippen molar-refractivity contribution in [2.24, 2.45) is 0 Å². The minimum Gasteiger partial charge on any atom is -0.465 e. The monoisotopic (exact) mass is 377 g/mol. The summed E-state index contributed by atoms with van der Waals surface area (Å²) in [6, 6.07) is 20.9. The minimum atomic E-state index is -0.452. The molecule has 1 aliphatic heterocycles. The summed E-state index contributed by atoms with van der Waals surface area (Å²) in [4.78, 5) is 26.8. The second-order valence-corrected chi connectivity index (χ2v) is 8.06. The molecule has 1 unspecified atom stereocenters. The molecular formula is C22H17O4S+. The van der Waals surface area contributed by atoms with Gasteiger partial charge in [0.15, 0.2) is 22.2 Å². The molecule has 4 rings (SSSR count). The Morgan fingerprint density at radius 3 is 2.30 bits per heavy atom. The molecule has 3 aromatic rings. The van der Waals surface area contributed by atoms with Crippen molar-refractivity contribution in [3.8, 4) is 11.5 Å². The molecule has 5 heteroatoms. The number of esters is 1. The molecule has 3 aromatic carbocycles. The van der Waals surface area contributed by atoms with Crippen molar-refractivity contribution in [1.29, 1.82) is 0 Å². The van der Waals surface area contributed by atoms with E-state index in [9.17, 15) is 9.59 Å². The van der Waals surface area contributed by atoms with Gasteiger partial charge in [-0.25, -0.2) is 4.79 Å². The molecule has 0 bridgehead atoms. The molecule has 27 heavy (non-hydrogen) atoms. The molecule has 0 amide bonds. The first-order chi connectivity index (χ1) is 13.1. The SMILES string of the molecule is COC(=O)c1ccc2c(c1)[S+](c1ccccc1)c1ccc(C(C)=O)cc1O2. The van der Waals surface area contributed by atoms with Crippen LogP contribution in [-0.2, 0) is 15.6 Å². The Hall–Kier alpha value is -3.05. The fourth-order valence-corrected chi connectivity index (χ4v) is 5.26. The second-order valence-electron chi connectivity index (χ2n) is 6.09. The van der Waals surface area contributed by atoms with E-state index in [4.69, 9.17) is 9.47 Å². The van der Waals surface area contributed by atoms with Crippen LogP contribution in [0.1, 0.15) is 27.6 Å². The lowest BCUT2D eigenvalue weighted by atomic mass is 10.1. The second kappa shape index (κ2) is 6.93. The van der Waals surface area contributed by atoms with Gasteiger partial charge in [-0.3, -0.25) is 4.79 Å². The third-order valence-corrected chi connectivity index (χ3v) is 6.63. The zero-order chi connectivity index (χ0) is 19.0. The van der Waals surface area contributed by atoms with Gasteiger partial charge in [-0.1, -0.05) is 18.2 Å².